The van der Waals surface area contributed by atoms with Crippen LogP contribution in [0.3, 0.4) is 0 Å². The van der Waals surface area contributed by atoms with Crippen LogP contribution in [0, 0.1) is 0 Å². The third-order valence-electron chi connectivity index (χ3n) is 1.44. The summed E-state index contributed by atoms with van der Waals surface area (Å²) in [4.78, 5) is 10.2. The predicted octanol–water partition coefficient (Wildman–Crippen LogP) is 0.909. The van der Waals surface area contributed by atoms with Crippen molar-refractivity contribution in [2.45, 2.75) is 10.9 Å². The van der Waals surface area contributed by atoms with Gasteiger partial charge in [0, 0.05) is 0 Å². The molecule has 0 unspecified atom stereocenters. The number of hydrogen-bond donors (Lipinski definition) is 1. The molecule has 0 fully saturated rings. The maximum absolute atomic E-state index is 10.2. The van der Waals surface area contributed by atoms with Gasteiger partial charge in [-0.2, -0.15) is 0 Å². The van der Waals surface area contributed by atoms with Crippen molar-refractivity contribution < 1.29 is 9.90 Å². The zero-order valence-corrected chi connectivity index (χ0v) is 9.51. The molecule has 2 nitrogen and oxygen atoms in total. The Bertz CT molecular complexity index is 246. The Morgan fingerprint density at radius 1 is 1.33 bits per heavy atom. The van der Waals surface area contributed by atoms with E-state index in [0.29, 0.717) is 6.42 Å². The van der Waals surface area contributed by atoms with Gasteiger partial charge >= 0.3 is 81.8 Å². The molecule has 0 aliphatic heterocycles. The van der Waals surface area contributed by atoms with E-state index in [1.54, 1.807) is 0 Å². The summed E-state index contributed by atoms with van der Waals surface area (Å²) < 4.78 is 2.27. The predicted molar refractivity (Wildman–Crippen MR) is 48.9 cm³/mol. The third kappa shape index (κ3) is 3.76. The number of aliphatic carboxylic acids is 1. The molecule has 0 aromatic heterocycles. The molecule has 0 radical (unpaired) electrons. The van der Waals surface area contributed by atoms with Gasteiger partial charge in [0.2, 0.25) is 0 Å². The first-order valence-corrected chi connectivity index (χ1v) is 7.24. The van der Waals surface area contributed by atoms with E-state index in [9.17, 15) is 4.79 Å². The number of rotatable bonds is 4. The van der Waals surface area contributed by atoms with Crippen molar-refractivity contribution in [2.75, 3.05) is 0 Å². The Balaban J connectivity index is 2.29. The first-order valence-electron chi connectivity index (χ1n) is 3.80. The average molecular weight is 269 g/mol. The number of carbonyl (C=O) groups is 1. The summed E-state index contributed by atoms with van der Waals surface area (Å²) >= 11 is -0.601. The standard InChI is InChI=1S/C6H5.C3H5O2.Sn/c1-2-4-6-5-3-1;1-2-3(4)5;/h1-5H;1-2H2,(H,4,5);/q;;+2. The normalized spacial score (nSPS) is 9.00. The van der Waals surface area contributed by atoms with Gasteiger partial charge in [-0.3, -0.25) is 0 Å². The van der Waals surface area contributed by atoms with E-state index >= 15 is 0 Å². The number of carboxylic acids is 1. The van der Waals surface area contributed by atoms with Gasteiger partial charge < -0.3 is 0 Å². The van der Waals surface area contributed by atoms with Crippen molar-refractivity contribution in [3.8, 4) is 0 Å². The van der Waals surface area contributed by atoms with E-state index in [0.717, 1.165) is 4.44 Å². The van der Waals surface area contributed by atoms with Crippen molar-refractivity contribution in [3.05, 3.63) is 30.3 Å². The van der Waals surface area contributed by atoms with Gasteiger partial charge in [0.1, 0.15) is 0 Å². The molecule has 0 amide bonds. The molecule has 1 aromatic rings. The fourth-order valence-electron chi connectivity index (χ4n) is 0.870. The van der Waals surface area contributed by atoms with Gasteiger partial charge in [-0.25, -0.2) is 0 Å². The van der Waals surface area contributed by atoms with Crippen LogP contribution < -0.4 is 3.58 Å². The van der Waals surface area contributed by atoms with E-state index in [4.69, 9.17) is 5.11 Å². The summed E-state index contributed by atoms with van der Waals surface area (Å²) in [5.41, 5.74) is 0. The summed E-state index contributed by atoms with van der Waals surface area (Å²) in [6, 6.07) is 10.2. The molecule has 0 saturated heterocycles. The molecular weight excluding hydrogens is 259 g/mol. The van der Waals surface area contributed by atoms with Crippen molar-refractivity contribution in [1.82, 2.24) is 0 Å². The van der Waals surface area contributed by atoms with Crippen molar-refractivity contribution in [3.63, 3.8) is 0 Å². The summed E-state index contributed by atoms with van der Waals surface area (Å²) in [5.74, 6) is -0.674. The Morgan fingerprint density at radius 2 is 2.00 bits per heavy atom. The van der Waals surface area contributed by atoms with Gasteiger partial charge in [0.15, 0.2) is 0 Å². The Kier molecular flexibility index (Phi) is 4.14. The Hall–Kier alpha value is -0.511. The van der Waals surface area contributed by atoms with Crippen LogP contribution in [0.2, 0.25) is 4.44 Å². The molecular formula is C9H10O2Sn+2. The first-order chi connectivity index (χ1) is 5.79. The van der Waals surface area contributed by atoms with Crippen LogP contribution in [0.5, 0.6) is 0 Å². The van der Waals surface area contributed by atoms with E-state index in [-0.39, 0.29) is 0 Å². The second kappa shape index (κ2) is 5.19. The third-order valence-corrected chi connectivity index (χ3v) is 4.99. The van der Waals surface area contributed by atoms with Gasteiger partial charge in [0.25, 0.3) is 0 Å². The summed E-state index contributed by atoms with van der Waals surface area (Å²) in [7, 11) is 0. The number of carboxylic acid groups (broad SMARTS) is 1. The second-order valence-corrected chi connectivity index (χ2v) is 6.52. The average Bonchev–Trinajstić information content (AvgIpc) is 2.05. The van der Waals surface area contributed by atoms with Gasteiger partial charge in [-0.15, -0.1) is 0 Å². The van der Waals surface area contributed by atoms with Crippen molar-refractivity contribution in [2.24, 2.45) is 0 Å². The molecule has 12 heavy (non-hydrogen) atoms. The van der Waals surface area contributed by atoms with E-state index in [2.05, 4.69) is 12.1 Å². The Morgan fingerprint density at radius 3 is 2.58 bits per heavy atom. The zero-order valence-electron chi connectivity index (χ0n) is 6.66. The number of benzene rings is 1. The van der Waals surface area contributed by atoms with Crippen LogP contribution in [0.1, 0.15) is 6.42 Å². The summed E-state index contributed by atoms with van der Waals surface area (Å²) in [6.07, 6.45) is 0.334. The quantitative estimate of drug-likeness (QED) is 0.825. The second-order valence-electron chi connectivity index (χ2n) is 2.44. The molecule has 0 aliphatic carbocycles. The molecule has 0 saturated carbocycles. The molecule has 0 aliphatic rings. The van der Waals surface area contributed by atoms with Gasteiger partial charge in [-0.05, 0) is 0 Å². The van der Waals surface area contributed by atoms with Gasteiger partial charge in [0.05, 0.1) is 0 Å². The van der Waals surface area contributed by atoms with Crippen LogP contribution in [-0.2, 0) is 4.79 Å². The van der Waals surface area contributed by atoms with Crippen LogP contribution in [0.25, 0.3) is 0 Å². The fraction of sp³-hybridized carbons (Fsp3) is 0.222. The SMILES string of the molecule is O=C(O)C[CH2][Sn+2][c]1ccccc1. The first kappa shape index (κ1) is 9.58. The van der Waals surface area contributed by atoms with Crippen LogP contribution in [0.15, 0.2) is 30.3 Å². The molecule has 1 aromatic carbocycles. The molecule has 1 rings (SSSR count). The molecule has 3 heteroatoms. The van der Waals surface area contributed by atoms with E-state index < -0.39 is 27.1 Å². The molecule has 0 bridgehead atoms. The maximum atomic E-state index is 10.2. The summed E-state index contributed by atoms with van der Waals surface area (Å²) in [5, 5.41) is 8.42. The molecule has 0 heterocycles. The minimum atomic E-state index is -0.674. The topological polar surface area (TPSA) is 37.3 Å². The molecule has 60 valence electrons. The molecule has 0 spiro atoms. The van der Waals surface area contributed by atoms with Crippen LogP contribution >= 0.6 is 0 Å². The van der Waals surface area contributed by atoms with E-state index in [1.807, 2.05) is 18.2 Å². The Labute approximate surface area is 81.8 Å². The van der Waals surface area contributed by atoms with E-state index in [1.165, 1.54) is 3.58 Å². The van der Waals surface area contributed by atoms with Gasteiger partial charge in [-0.1, -0.05) is 0 Å². The van der Waals surface area contributed by atoms with Crippen LogP contribution in [-0.4, -0.2) is 32.2 Å². The minimum absolute atomic E-state index is 0.334. The molecule has 0 atom stereocenters. The van der Waals surface area contributed by atoms with Crippen molar-refractivity contribution >= 4 is 30.7 Å². The van der Waals surface area contributed by atoms with Crippen molar-refractivity contribution in [1.29, 1.82) is 0 Å². The molecule has 1 N–H and O–H groups in total. The zero-order chi connectivity index (χ0) is 8.81. The fourth-order valence-corrected chi connectivity index (χ4v) is 3.88. The summed E-state index contributed by atoms with van der Waals surface area (Å²) in [6.45, 7) is 0. The monoisotopic (exact) mass is 270 g/mol. The van der Waals surface area contributed by atoms with Crippen LogP contribution in [0.4, 0.5) is 0 Å². The number of hydrogen-bond acceptors (Lipinski definition) is 1.